The van der Waals surface area contributed by atoms with Crippen LogP contribution in [0.3, 0.4) is 0 Å². The van der Waals surface area contributed by atoms with E-state index in [0.29, 0.717) is 68.7 Å². The summed E-state index contributed by atoms with van der Waals surface area (Å²) in [7, 11) is 0. The van der Waals surface area contributed by atoms with Crippen molar-refractivity contribution in [3.8, 4) is 0 Å². The molecule has 4 aliphatic carbocycles. The van der Waals surface area contributed by atoms with Crippen molar-refractivity contribution in [2.75, 3.05) is 105 Å². The fourth-order valence-electron chi connectivity index (χ4n) is 20.2. The van der Waals surface area contributed by atoms with Crippen LogP contribution < -0.4 is 63.8 Å². The number of unbranched alkanes of at least 4 members (excludes halogenated alkanes) is 4. The zero-order chi connectivity index (χ0) is 101. The molecule has 3 saturated carbocycles. The first-order valence-electron chi connectivity index (χ1n) is 50.1. The van der Waals surface area contributed by atoms with Gasteiger partial charge in [0.1, 0.15) is 72.4 Å². The number of amides is 12. The Morgan fingerprint density at radius 2 is 0.862 bits per heavy atom. The Balaban J connectivity index is 0.938. The third kappa shape index (κ3) is 39.0. The van der Waals surface area contributed by atoms with Crippen LogP contribution in [0.1, 0.15) is 255 Å². The second-order valence-corrected chi connectivity index (χ2v) is 39.1. The second-order valence-electron chi connectivity index (χ2n) is 39.1. The van der Waals surface area contributed by atoms with Gasteiger partial charge in [-0.15, -0.1) is 0 Å². The number of rotatable bonds is 63. The third-order valence-corrected chi connectivity index (χ3v) is 27.7. The minimum absolute atomic E-state index is 0.00715. The summed E-state index contributed by atoms with van der Waals surface area (Å²) in [4.78, 5) is 156. The number of alkyl carbamates (subject to hydrolysis) is 1. The lowest BCUT2D eigenvalue weighted by molar-refractivity contribution is -0.315. The Kier molecular flexibility index (Phi) is 51.7. The predicted molar refractivity (Wildman–Crippen MR) is 497 cm³/mol. The minimum Gasteiger partial charge on any atom is -0.446 e. The first-order valence-corrected chi connectivity index (χ1v) is 50.1. The van der Waals surface area contributed by atoms with Gasteiger partial charge in [0.25, 0.3) is 0 Å². The molecule has 0 aromatic carbocycles. The van der Waals surface area contributed by atoms with Crippen LogP contribution in [0.4, 0.5) is 4.79 Å². The number of hydrogen-bond donors (Lipinski definition) is 21. The van der Waals surface area contributed by atoms with Crippen LogP contribution in [0.25, 0.3) is 0 Å². The summed E-state index contributed by atoms with van der Waals surface area (Å²) in [6.45, 7) is 16.5. The zero-order valence-electron chi connectivity index (χ0n) is 82.4. The highest BCUT2D eigenvalue weighted by atomic mass is 16.8. The number of carbonyl (C=O) groups is 12. The van der Waals surface area contributed by atoms with E-state index in [2.05, 4.69) is 104 Å². The van der Waals surface area contributed by atoms with Gasteiger partial charge in [-0.1, -0.05) is 98.1 Å². The molecule has 24 atom stereocenters. The molecule has 0 spiro atoms. The molecule has 0 aromatic rings. The van der Waals surface area contributed by atoms with Crippen LogP contribution in [-0.4, -0.2) is 332 Å². The van der Waals surface area contributed by atoms with Gasteiger partial charge in [0.15, 0.2) is 37.7 Å². The van der Waals surface area contributed by atoms with Gasteiger partial charge in [0.2, 0.25) is 65.0 Å². The molecule has 138 heavy (non-hydrogen) atoms. The number of ether oxygens (including phenoxy) is 10. The van der Waals surface area contributed by atoms with E-state index in [9.17, 15) is 98.7 Å². The molecule has 6 fully saturated rings. The maximum Gasteiger partial charge on any atom is 0.407 e. The average molecular weight is 1970 g/mol. The second kappa shape index (κ2) is 60.8. The standard InChI is InChI=1S/C95H164N12O31/c1-10-11-13-24-68(106-75(117)25-14-12-15-40-102-92(128)135-63-33-38-93(8)62(53-63)29-30-64-66-32-31-65(58(4)23-16-22-57(2)3)94(66,9)39-34-67(64)93)85(124)107-95(56-131-52-37-74(116)101-46-45-100-71(113)28-19-49-134-91-78(105-61(7)110)81(120)84(123)88(127)138-91,54-129-50-35-72(114)98-43-20-41-96-69(111)26-17-47-132-89-76(103-59(5)108)79(118)82(121)86(125)136-89)55-130-51-36-73(115)99-44-21-42-97-70(112)27-18-48-133-90-77(104-60(6)109)80(119)83(122)87(126)137-90/h29,57-58,63-68,76-84,86-91,118-123,125-127H,10-28,30-56H2,1-9H3,(H,96,111)(H,97,112)(H,98,114)(H,99,115)(H,100,113)(H,101,116)(H,102,128)(H,103,108)(H,104,109)(H,105,110)(H,106,117)(H,107,124)/t58-,63+,64+,65-,66+,67+,68-,76-,77-,78-,79-,80-,81-,82-,83-,84-,86+,87+,88+,89?,90?,91?,93+,94-,95?/m1/s1. The maximum atomic E-state index is 15.1. The van der Waals surface area contributed by atoms with E-state index in [-0.39, 0.29) is 173 Å². The molecule has 3 heterocycles. The lowest BCUT2D eigenvalue weighted by atomic mass is 9.47. The normalized spacial score (nSPS) is 29.1. The molecule has 12 amide bonds. The molecule has 790 valence electrons. The van der Waals surface area contributed by atoms with E-state index in [1.54, 1.807) is 0 Å². The maximum absolute atomic E-state index is 15.1. The van der Waals surface area contributed by atoms with Crippen molar-refractivity contribution in [1.82, 2.24) is 63.8 Å². The van der Waals surface area contributed by atoms with Gasteiger partial charge in [-0.2, -0.15) is 0 Å². The summed E-state index contributed by atoms with van der Waals surface area (Å²) >= 11 is 0. The van der Waals surface area contributed by atoms with Crippen molar-refractivity contribution in [3.05, 3.63) is 11.6 Å². The zero-order valence-corrected chi connectivity index (χ0v) is 82.4. The average Bonchev–Trinajstić information content (AvgIpc) is 1.50. The van der Waals surface area contributed by atoms with Gasteiger partial charge in [-0.3, -0.25) is 52.7 Å². The number of allylic oxidation sites excluding steroid dienone is 1. The number of nitrogens with one attached hydrogen (secondary N) is 12. The SMILES string of the molecule is CCCCC[C@@H](NC(=O)CCCCCNC(=O)O[C@H]1CC[C@@]2(C)C(=CC[C@H]3[C@@H]4CC[C@H]([C@H](C)CCCC(C)C)[C@@]4(C)CC[C@@H]32)C1)C(=O)NC(COCCC(=O)NCCCNC(=O)CCCOC1O[C@H](O)[C@H](O)[C@H](O)[C@H]1NC(C)=O)(COCCC(=O)NCCCNC(=O)CCCOC1O[C@H](O)[C@H](O)[C@H](O)[C@H]1NC(C)=O)COCCC(=O)NCCNC(=O)CCCOC1O[C@H](O)[C@H](O)[C@H](O)[C@H]1NC(C)=O. The molecule has 3 unspecified atom stereocenters. The molecular formula is C95H164N12O31. The summed E-state index contributed by atoms with van der Waals surface area (Å²) in [5.74, 6) is -0.889. The number of aliphatic hydroxyl groups is 9. The van der Waals surface area contributed by atoms with Gasteiger partial charge >= 0.3 is 6.09 Å². The highest BCUT2D eigenvalue weighted by Gasteiger charge is 2.60. The van der Waals surface area contributed by atoms with Crippen molar-refractivity contribution in [3.63, 3.8) is 0 Å². The highest BCUT2D eigenvalue weighted by Crippen LogP contribution is 2.67. The topological polar surface area (TPSA) is 624 Å². The molecule has 7 aliphatic rings. The van der Waals surface area contributed by atoms with E-state index in [1.807, 2.05) is 6.92 Å². The van der Waals surface area contributed by atoms with Crippen molar-refractivity contribution >= 4 is 71.1 Å². The van der Waals surface area contributed by atoms with Gasteiger partial charge in [-0.25, -0.2) is 4.79 Å². The molecule has 7 rings (SSSR count). The Hall–Kier alpha value is -7.54. The van der Waals surface area contributed by atoms with Crippen molar-refractivity contribution < 1.29 is 151 Å². The molecule has 3 aliphatic heterocycles. The molecule has 43 heteroatoms. The van der Waals surface area contributed by atoms with Crippen molar-refractivity contribution in [1.29, 1.82) is 0 Å². The molecule has 43 nitrogen and oxygen atoms in total. The van der Waals surface area contributed by atoms with Crippen LogP contribution in [0.5, 0.6) is 0 Å². The van der Waals surface area contributed by atoms with Gasteiger partial charge in [-0.05, 0) is 143 Å². The van der Waals surface area contributed by atoms with Crippen LogP contribution in [-0.2, 0) is 100 Å². The monoisotopic (exact) mass is 1970 g/mol. The number of hydrogen-bond acceptors (Lipinski definition) is 31. The molecule has 3 saturated heterocycles. The summed E-state index contributed by atoms with van der Waals surface area (Å²) in [6.07, 6.45) is -0.602. The van der Waals surface area contributed by atoms with Crippen LogP contribution in [0.15, 0.2) is 11.6 Å². The quantitative estimate of drug-likeness (QED) is 0.0289. The van der Waals surface area contributed by atoms with Gasteiger partial charge < -0.3 is 157 Å². The lowest BCUT2D eigenvalue weighted by Crippen LogP contribution is -2.63. The van der Waals surface area contributed by atoms with Gasteiger partial charge in [0, 0.05) is 118 Å². The lowest BCUT2D eigenvalue weighted by Gasteiger charge is -2.58. The van der Waals surface area contributed by atoms with E-state index < -0.39 is 183 Å². The molecule has 21 N–H and O–H groups in total. The van der Waals surface area contributed by atoms with E-state index in [1.165, 1.54) is 71.3 Å². The van der Waals surface area contributed by atoms with Crippen LogP contribution >= 0.6 is 0 Å². The first-order chi connectivity index (χ1) is 65.8. The Bertz CT molecular complexity index is 3710. The predicted octanol–water partition coefficient (Wildman–Crippen LogP) is 0.395. The minimum atomic E-state index is -1.81. The molecule has 0 aromatic heterocycles. The third-order valence-electron chi connectivity index (χ3n) is 27.7. The van der Waals surface area contributed by atoms with E-state index in [0.717, 1.165) is 55.8 Å². The van der Waals surface area contributed by atoms with E-state index >= 15 is 4.79 Å². The fourth-order valence-corrected chi connectivity index (χ4v) is 20.2. The molecule has 0 radical (unpaired) electrons. The van der Waals surface area contributed by atoms with Gasteiger partial charge in [0.05, 0.1) is 59.5 Å². The van der Waals surface area contributed by atoms with Crippen LogP contribution in [0, 0.1) is 46.3 Å². The smallest absolute Gasteiger partial charge is 0.407 e. The van der Waals surface area contributed by atoms with Crippen LogP contribution in [0.2, 0.25) is 0 Å². The Morgan fingerprint density at radius 3 is 1.30 bits per heavy atom. The molecular weight excluding hydrogens is 1810 g/mol. The summed E-state index contributed by atoms with van der Waals surface area (Å²) in [5.41, 5.74) is 0.275. The summed E-state index contributed by atoms with van der Waals surface area (Å²) < 4.78 is 57.2. The number of carbonyl (C=O) groups excluding carboxylic acids is 12. The Morgan fingerprint density at radius 1 is 0.435 bits per heavy atom. The number of fused-ring (bicyclic) bond motifs is 5. The highest BCUT2D eigenvalue weighted by molar-refractivity contribution is 5.88. The van der Waals surface area contributed by atoms with Crippen molar-refractivity contribution in [2.45, 2.75) is 365 Å². The Labute approximate surface area is 810 Å². The largest absolute Gasteiger partial charge is 0.446 e. The summed E-state index contributed by atoms with van der Waals surface area (Å²) in [5, 5.41) is 124. The van der Waals surface area contributed by atoms with E-state index in [4.69, 9.17) is 47.4 Å². The summed E-state index contributed by atoms with van der Waals surface area (Å²) in [6, 6.07) is -4.74. The number of aliphatic hydroxyl groups excluding tert-OH is 9. The van der Waals surface area contributed by atoms with Crippen molar-refractivity contribution in [2.24, 2.45) is 46.3 Å². The first kappa shape index (κ1) is 117. The molecule has 0 bridgehead atoms. The fraction of sp³-hybridized carbons (Fsp3) is 0.853.